The number of halogens is 1. The lowest BCUT2D eigenvalue weighted by Crippen LogP contribution is -2.17. The number of hydrazone groups is 1. The van der Waals surface area contributed by atoms with Crippen LogP contribution in [0.15, 0.2) is 74.3 Å². The largest absolute Gasteiger partial charge is 0.422 e. The van der Waals surface area contributed by atoms with Crippen molar-refractivity contribution in [3.05, 3.63) is 86.0 Å². The number of aromatic nitrogens is 1. The number of para-hydroxylation sites is 1. The Morgan fingerprint density at radius 2 is 1.96 bits per heavy atom. The molecule has 0 atom stereocenters. The van der Waals surface area contributed by atoms with Crippen molar-refractivity contribution in [1.82, 2.24) is 10.4 Å². The molecule has 6 nitrogen and oxygen atoms in total. The third kappa shape index (κ3) is 3.85. The van der Waals surface area contributed by atoms with E-state index in [2.05, 4.69) is 15.5 Å². The molecule has 0 spiro atoms. The van der Waals surface area contributed by atoms with Crippen molar-refractivity contribution in [3.8, 4) is 11.3 Å². The second-order valence-corrected chi connectivity index (χ2v) is 7.07. The van der Waals surface area contributed by atoms with E-state index in [-0.39, 0.29) is 5.01 Å². The first-order valence-corrected chi connectivity index (χ1v) is 9.44. The summed E-state index contributed by atoms with van der Waals surface area (Å²) in [5.74, 6) is -0.466. The molecule has 2 aromatic heterocycles. The number of fused-ring (bicyclic) bond motifs is 1. The molecule has 0 aliphatic rings. The molecular weight excluding hydrogens is 398 g/mol. The standard InChI is InChI=1S/C20H12ClN3O3S/c21-14-7-5-12(6-8-14)10-22-24-18(25)19-23-16(11-28-19)15-9-13-3-1-2-4-17(13)27-20(15)26/h1-11H,(H,24,25)/b22-10+. The molecule has 0 radical (unpaired) electrons. The molecule has 138 valence electrons. The highest BCUT2D eigenvalue weighted by atomic mass is 35.5. The van der Waals surface area contributed by atoms with Gasteiger partial charge in [0.15, 0.2) is 5.01 Å². The van der Waals surface area contributed by atoms with Crippen LogP contribution in [0.5, 0.6) is 0 Å². The zero-order valence-corrected chi connectivity index (χ0v) is 15.8. The summed E-state index contributed by atoms with van der Waals surface area (Å²) in [7, 11) is 0. The summed E-state index contributed by atoms with van der Waals surface area (Å²) in [4.78, 5) is 28.7. The van der Waals surface area contributed by atoms with Gasteiger partial charge in [-0.1, -0.05) is 41.9 Å². The van der Waals surface area contributed by atoms with Gasteiger partial charge in [0.1, 0.15) is 5.58 Å². The number of hydrogen-bond acceptors (Lipinski definition) is 6. The molecule has 4 rings (SSSR count). The molecule has 8 heteroatoms. The normalized spacial score (nSPS) is 11.2. The highest BCUT2D eigenvalue weighted by molar-refractivity contribution is 7.12. The molecule has 2 heterocycles. The third-order valence-electron chi connectivity index (χ3n) is 3.87. The molecule has 1 amide bonds. The summed E-state index contributed by atoms with van der Waals surface area (Å²) in [6.45, 7) is 0. The van der Waals surface area contributed by atoms with E-state index in [0.717, 1.165) is 22.3 Å². The molecule has 0 aliphatic heterocycles. The zero-order valence-electron chi connectivity index (χ0n) is 14.3. The number of nitrogens with zero attached hydrogens (tertiary/aromatic N) is 2. The summed E-state index contributed by atoms with van der Waals surface area (Å²) in [5, 5.41) is 7.14. The van der Waals surface area contributed by atoms with Crippen LogP contribution in [0.4, 0.5) is 0 Å². The number of carbonyl (C=O) groups excluding carboxylic acids is 1. The van der Waals surface area contributed by atoms with Crippen molar-refractivity contribution >= 4 is 46.0 Å². The Morgan fingerprint density at radius 3 is 2.79 bits per heavy atom. The predicted octanol–water partition coefficient (Wildman–Crippen LogP) is 4.33. The van der Waals surface area contributed by atoms with Crippen LogP contribution in [0.3, 0.4) is 0 Å². The maximum atomic E-state index is 12.2. The molecule has 0 saturated heterocycles. The first kappa shape index (κ1) is 18.1. The molecule has 1 N–H and O–H groups in total. The van der Waals surface area contributed by atoms with Crippen molar-refractivity contribution in [2.75, 3.05) is 0 Å². The quantitative estimate of drug-likeness (QED) is 0.309. The van der Waals surface area contributed by atoms with Crippen LogP contribution >= 0.6 is 22.9 Å². The number of hydrogen-bond donors (Lipinski definition) is 1. The van der Waals surface area contributed by atoms with Gasteiger partial charge in [-0.2, -0.15) is 5.10 Å². The van der Waals surface area contributed by atoms with Gasteiger partial charge in [-0.05, 0) is 29.8 Å². The monoisotopic (exact) mass is 409 g/mol. The van der Waals surface area contributed by atoms with E-state index in [0.29, 0.717) is 21.9 Å². The molecule has 4 aromatic rings. The van der Waals surface area contributed by atoms with Gasteiger partial charge in [0, 0.05) is 15.8 Å². The van der Waals surface area contributed by atoms with Crippen molar-refractivity contribution < 1.29 is 9.21 Å². The van der Waals surface area contributed by atoms with Crippen LogP contribution in [0.25, 0.3) is 22.2 Å². The average Bonchev–Trinajstić information content (AvgIpc) is 3.19. The highest BCUT2D eigenvalue weighted by Gasteiger charge is 2.15. The lowest BCUT2D eigenvalue weighted by atomic mass is 10.1. The minimum Gasteiger partial charge on any atom is -0.422 e. The number of thiazole rings is 1. The van der Waals surface area contributed by atoms with Gasteiger partial charge in [-0.25, -0.2) is 15.2 Å². The zero-order chi connectivity index (χ0) is 19.5. The molecule has 0 bridgehead atoms. The van der Waals surface area contributed by atoms with Crippen LogP contribution in [-0.4, -0.2) is 17.1 Å². The van der Waals surface area contributed by atoms with E-state index in [1.165, 1.54) is 6.21 Å². The minimum atomic E-state index is -0.503. The smallest absolute Gasteiger partial charge is 0.345 e. The van der Waals surface area contributed by atoms with Crippen LogP contribution in [0, 0.1) is 0 Å². The molecule has 28 heavy (non-hydrogen) atoms. The van der Waals surface area contributed by atoms with Crippen molar-refractivity contribution in [1.29, 1.82) is 0 Å². The lowest BCUT2D eigenvalue weighted by molar-refractivity contribution is 0.0955. The second kappa shape index (κ2) is 7.75. The molecule has 0 unspecified atom stereocenters. The van der Waals surface area contributed by atoms with E-state index >= 15 is 0 Å². The Bertz CT molecular complexity index is 1250. The van der Waals surface area contributed by atoms with Crippen LogP contribution in [-0.2, 0) is 0 Å². The van der Waals surface area contributed by atoms with Gasteiger partial charge in [0.2, 0.25) is 0 Å². The van der Waals surface area contributed by atoms with Crippen molar-refractivity contribution in [2.24, 2.45) is 5.10 Å². The SMILES string of the molecule is O=C(N/N=C/c1ccc(Cl)cc1)c1nc(-c2cc3ccccc3oc2=O)cs1. The third-order valence-corrected chi connectivity index (χ3v) is 4.96. The Hall–Kier alpha value is -3.29. The second-order valence-electron chi connectivity index (χ2n) is 5.77. The summed E-state index contributed by atoms with van der Waals surface area (Å²) >= 11 is 6.94. The summed E-state index contributed by atoms with van der Waals surface area (Å²) in [6.07, 6.45) is 1.50. The topological polar surface area (TPSA) is 84.6 Å². The Kier molecular flexibility index (Phi) is 5.01. The molecular formula is C20H12ClN3O3S. The van der Waals surface area contributed by atoms with Crippen molar-refractivity contribution in [3.63, 3.8) is 0 Å². The fourth-order valence-corrected chi connectivity index (χ4v) is 3.34. The summed E-state index contributed by atoms with van der Waals surface area (Å²) < 4.78 is 5.31. The van der Waals surface area contributed by atoms with Gasteiger partial charge in [0.25, 0.3) is 5.91 Å². The maximum absolute atomic E-state index is 12.2. The number of rotatable bonds is 4. The van der Waals surface area contributed by atoms with Crippen LogP contribution in [0.1, 0.15) is 15.4 Å². The number of nitrogens with one attached hydrogen (secondary N) is 1. The van der Waals surface area contributed by atoms with E-state index < -0.39 is 11.5 Å². The minimum absolute atomic E-state index is 0.191. The van der Waals surface area contributed by atoms with Gasteiger partial charge in [0.05, 0.1) is 17.5 Å². The Labute approximate surface area is 168 Å². The van der Waals surface area contributed by atoms with Gasteiger partial charge in [-0.3, -0.25) is 4.79 Å². The predicted molar refractivity (Wildman–Crippen MR) is 110 cm³/mol. The fourth-order valence-electron chi connectivity index (χ4n) is 2.50. The maximum Gasteiger partial charge on any atom is 0.345 e. The van der Waals surface area contributed by atoms with Crippen LogP contribution in [0.2, 0.25) is 5.02 Å². The molecule has 0 fully saturated rings. The van der Waals surface area contributed by atoms with E-state index in [4.69, 9.17) is 16.0 Å². The molecule has 0 aliphatic carbocycles. The van der Waals surface area contributed by atoms with E-state index in [9.17, 15) is 9.59 Å². The average molecular weight is 410 g/mol. The Morgan fingerprint density at radius 1 is 1.18 bits per heavy atom. The first-order valence-electron chi connectivity index (χ1n) is 8.18. The molecule has 2 aromatic carbocycles. The first-order chi connectivity index (χ1) is 13.6. The highest BCUT2D eigenvalue weighted by Crippen LogP contribution is 2.22. The number of benzene rings is 2. The van der Waals surface area contributed by atoms with Gasteiger partial charge < -0.3 is 4.42 Å². The van der Waals surface area contributed by atoms with Gasteiger partial charge >= 0.3 is 5.63 Å². The Balaban J connectivity index is 1.52. The molecule has 0 saturated carbocycles. The van der Waals surface area contributed by atoms with Gasteiger partial charge in [-0.15, -0.1) is 11.3 Å². The number of amides is 1. The fraction of sp³-hybridized carbons (Fsp3) is 0. The van der Waals surface area contributed by atoms with E-state index in [1.807, 2.05) is 12.1 Å². The van der Waals surface area contributed by atoms with E-state index in [1.54, 1.807) is 47.8 Å². The lowest BCUT2D eigenvalue weighted by Gasteiger charge is -1.99. The van der Waals surface area contributed by atoms with Crippen LogP contribution < -0.4 is 11.1 Å². The summed E-state index contributed by atoms with van der Waals surface area (Å²) in [5.41, 5.74) is 3.89. The number of carbonyl (C=O) groups is 1. The summed E-state index contributed by atoms with van der Waals surface area (Å²) in [6, 6.07) is 15.9. The van der Waals surface area contributed by atoms with Crippen molar-refractivity contribution in [2.45, 2.75) is 0 Å².